The number of esters is 1. The summed E-state index contributed by atoms with van der Waals surface area (Å²) >= 11 is 0. The third-order valence-corrected chi connectivity index (χ3v) is 4.40. The lowest BCUT2D eigenvalue weighted by molar-refractivity contribution is 0.0600. The summed E-state index contributed by atoms with van der Waals surface area (Å²) in [5.41, 5.74) is 0.903. The normalized spacial score (nSPS) is 15.0. The molecule has 1 saturated carbocycles. The lowest BCUT2D eigenvalue weighted by Gasteiger charge is -2.23. The van der Waals surface area contributed by atoms with Gasteiger partial charge in [0.25, 0.3) is 5.91 Å². The number of methoxy groups -OCH3 is 1. The summed E-state index contributed by atoms with van der Waals surface area (Å²) in [4.78, 5) is 23.9. The van der Waals surface area contributed by atoms with E-state index in [1.165, 1.54) is 26.4 Å². The van der Waals surface area contributed by atoms with Gasteiger partial charge >= 0.3 is 5.97 Å². The average molecular weight is 327 g/mol. The SMILES string of the molecule is COC(=O)c1ccc(C(=O)Nc2ccnn2C2CCCCC2)cc1. The molecule has 24 heavy (non-hydrogen) atoms. The first-order chi connectivity index (χ1) is 11.7. The quantitative estimate of drug-likeness (QED) is 0.873. The molecule has 1 aliphatic rings. The molecule has 126 valence electrons. The van der Waals surface area contributed by atoms with E-state index in [4.69, 9.17) is 0 Å². The number of rotatable bonds is 4. The zero-order chi connectivity index (χ0) is 16.9. The minimum Gasteiger partial charge on any atom is -0.465 e. The monoisotopic (exact) mass is 327 g/mol. The smallest absolute Gasteiger partial charge is 0.337 e. The van der Waals surface area contributed by atoms with Crippen molar-refractivity contribution in [1.82, 2.24) is 9.78 Å². The zero-order valence-electron chi connectivity index (χ0n) is 13.7. The van der Waals surface area contributed by atoms with Crippen molar-refractivity contribution in [3.8, 4) is 0 Å². The largest absolute Gasteiger partial charge is 0.465 e. The molecule has 1 amide bonds. The number of carbonyl (C=O) groups excluding carboxylic acids is 2. The predicted molar refractivity (Wildman–Crippen MR) is 90.1 cm³/mol. The molecule has 1 heterocycles. The fraction of sp³-hybridized carbons (Fsp3) is 0.389. The number of anilines is 1. The Morgan fingerprint density at radius 1 is 1.08 bits per heavy atom. The van der Waals surface area contributed by atoms with Crippen molar-refractivity contribution < 1.29 is 14.3 Å². The van der Waals surface area contributed by atoms with Crippen molar-refractivity contribution in [2.75, 3.05) is 12.4 Å². The molecule has 0 unspecified atom stereocenters. The third kappa shape index (κ3) is 3.48. The second-order valence-corrected chi connectivity index (χ2v) is 5.98. The van der Waals surface area contributed by atoms with E-state index < -0.39 is 5.97 Å². The number of benzene rings is 1. The number of hydrogen-bond acceptors (Lipinski definition) is 4. The van der Waals surface area contributed by atoms with Gasteiger partial charge in [0.05, 0.1) is 24.9 Å². The van der Waals surface area contributed by atoms with E-state index in [2.05, 4.69) is 15.2 Å². The molecule has 3 rings (SSSR count). The van der Waals surface area contributed by atoms with Gasteiger partial charge < -0.3 is 10.1 Å². The number of carbonyl (C=O) groups is 2. The van der Waals surface area contributed by atoms with Crippen LogP contribution in [0.3, 0.4) is 0 Å². The highest BCUT2D eigenvalue weighted by Gasteiger charge is 2.19. The van der Waals surface area contributed by atoms with Gasteiger partial charge in [-0.05, 0) is 37.1 Å². The van der Waals surface area contributed by atoms with Crippen molar-refractivity contribution in [1.29, 1.82) is 0 Å². The summed E-state index contributed by atoms with van der Waals surface area (Å²) in [7, 11) is 1.33. The third-order valence-electron chi connectivity index (χ3n) is 4.40. The van der Waals surface area contributed by atoms with Gasteiger partial charge in [0, 0.05) is 11.6 Å². The van der Waals surface area contributed by atoms with Crippen LogP contribution in [-0.2, 0) is 4.74 Å². The Balaban J connectivity index is 1.71. The van der Waals surface area contributed by atoms with Crippen molar-refractivity contribution in [2.45, 2.75) is 38.1 Å². The van der Waals surface area contributed by atoms with Crippen LogP contribution in [0.25, 0.3) is 0 Å². The molecule has 1 fully saturated rings. The molecule has 2 aromatic rings. The van der Waals surface area contributed by atoms with Crippen LogP contribution in [0.2, 0.25) is 0 Å². The average Bonchev–Trinajstić information content (AvgIpc) is 3.10. The van der Waals surface area contributed by atoms with E-state index in [0.717, 1.165) is 12.8 Å². The topological polar surface area (TPSA) is 73.2 Å². The van der Waals surface area contributed by atoms with Gasteiger partial charge in [-0.25, -0.2) is 9.48 Å². The van der Waals surface area contributed by atoms with Crippen LogP contribution in [0.1, 0.15) is 58.9 Å². The molecule has 1 aromatic heterocycles. The van der Waals surface area contributed by atoms with Crippen molar-refractivity contribution in [3.63, 3.8) is 0 Å². The Labute approximate surface area is 140 Å². The predicted octanol–water partition coefficient (Wildman–Crippen LogP) is 3.43. The molecule has 1 aliphatic carbocycles. The van der Waals surface area contributed by atoms with Crippen LogP contribution in [0.5, 0.6) is 0 Å². The van der Waals surface area contributed by atoms with E-state index in [0.29, 0.717) is 23.0 Å². The first kappa shape index (κ1) is 16.2. The maximum Gasteiger partial charge on any atom is 0.337 e. The van der Waals surface area contributed by atoms with Gasteiger partial charge in [-0.2, -0.15) is 5.10 Å². The van der Waals surface area contributed by atoms with Crippen LogP contribution in [0, 0.1) is 0 Å². The van der Waals surface area contributed by atoms with Crippen LogP contribution in [0.4, 0.5) is 5.82 Å². The number of amides is 1. The lowest BCUT2D eigenvalue weighted by atomic mass is 9.96. The van der Waals surface area contributed by atoms with Crippen LogP contribution < -0.4 is 5.32 Å². The van der Waals surface area contributed by atoms with Crippen LogP contribution in [-0.4, -0.2) is 28.8 Å². The van der Waals surface area contributed by atoms with Crippen molar-refractivity contribution >= 4 is 17.7 Å². The summed E-state index contributed by atoms with van der Waals surface area (Å²) in [5, 5.41) is 7.29. The van der Waals surface area contributed by atoms with Crippen molar-refractivity contribution in [2.24, 2.45) is 0 Å². The first-order valence-corrected chi connectivity index (χ1v) is 8.22. The molecule has 6 nitrogen and oxygen atoms in total. The minimum absolute atomic E-state index is 0.219. The van der Waals surface area contributed by atoms with Gasteiger partial charge in [-0.3, -0.25) is 4.79 Å². The molecule has 0 saturated heterocycles. The second-order valence-electron chi connectivity index (χ2n) is 5.98. The fourth-order valence-electron chi connectivity index (χ4n) is 3.09. The molecule has 0 spiro atoms. The van der Waals surface area contributed by atoms with E-state index in [9.17, 15) is 9.59 Å². The minimum atomic E-state index is -0.419. The maximum absolute atomic E-state index is 12.4. The van der Waals surface area contributed by atoms with Gasteiger partial charge in [0.2, 0.25) is 0 Å². The molecule has 0 aliphatic heterocycles. The molecular formula is C18H21N3O3. The van der Waals surface area contributed by atoms with Gasteiger partial charge in [0.1, 0.15) is 5.82 Å². The zero-order valence-corrected chi connectivity index (χ0v) is 13.7. The number of nitrogens with one attached hydrogen (secondary N) is 1. The van der Waals surface area contributed by atoms with Gasteiger partial charge in [0.15, 0.2) is 0 Å². The van der Waals surface area contributed by atoms with Gasteiger partial charge in [-0.15, -0.1) is 0 Å². The molecule has 1 aromatic carbocycles. The van der Waals surface area contributed by atoms with Crippen molar-refractivity contribution in [3.05, 3.63) is 47.7 Å². The van der Waals surface area contributed by atoms with E-state index in [1.807, 2.05) is 10.7 Å². The molecule has 1 N–H and O–H groups in total. The fourth-order valence-corrected chi connectivity index (χ4v) is 3.09. The van der Waals surface area contributed by atoms with Gasteiger partial charge in [-0.1, -0.05) is 19.3 Å². The highest BCUT2D eigenvalue weighted by molar-refractivity contribution is 6.04. The summed E-state index contributed by atoms with van der Waals surface area (Å²) in [6.07, 6.45) is 7.58. The number of aromatic nitrogens is 2. The highest BCUT2D eigenvalue weighted by Crippen LogP contribution is 2.30. The molecule has 0 radical (unpaired) electrons. The Morgan fingerprint density at radius 3 is 2.42 bits per heavy atom. The highest BCUT2D eigenvalue weighted by atomic mass is 16.5. The number of ether oxygens (including phenoxy) is 1. The van der Waals surface area contributed by atoms with Crippen LogP contribution in [0.15, 0.2) is 36.5 Å². The lowest BCUT2D eigenvalue weighted by Crippen LogP contribution is -2.20. The molecule has 0 atom stereocenters. The van der Waals surface area contributed by atoms with E-state index >= 15 is 0 Å². The maximum atomic E-state index is 12.4. The van der Waals surface area contributed by atoms with E-state index in [-0.39, 0.29) is 5.91 Å². The Hall–Kier alpha value is -2.63. The number of hydrogen-bond donors (Lipinski definition) is 1. The second kappa shape index (κ2) is 7.29. The summed E-state index contributed by atoms with van der Waals surface area (Å²) < 4.78 is 6.57. The van der Waals surface area contributed by atoms with Crippen LogP contribution >= 0.6 is 0 Å². The summed E-state index contributed by atoms with van der Waals surface area (Å²) in [5.74, 6) is 0.0743. The molecule has 0 bridgehead atoms. The summed E-state index contributed by atoms with van der Waals surface area (Å²) in [6, 6.07) is 8.56. The first-order valence-electron chi connectivity index (χ1n) is 8.22. The van der Waals surface area contributed by atoms with E-state index in [1.54, 1.807) is 30.5 Å². The molecule has 6 heteroatoms. The Morgan fingerprint density at radius 2 is 1.75 bits per heavy atom. The molecular weight excluding hydrogens is 306 g/mol. The Kier molecular flexibility index (Phi) is 4.93. The Bertz CT molecular complexity index is 715. The standard InChI is InChI=1S/C18H21N3O3/c1-24-18(23)14-9-7-13(8-10-14)17(22)20-16-11-12-19-21(16)15-5-3-2-4-6-15/h7-12,15H,2-6H2,1H3,(H,20,22). The number of nitrogens with zero attached hydrogens (tertiary/aromatic N) is 2. The summed E-state index contributed by atoms with van der Waals surface area (Å²) in [6.45, 7) is 0.